The number of aromatic hydroxyl groups is 1. The first-order chi connectivity index (χ1) is 7.42. The van der Waals surface area contributed by atoms with Crippen LogP contribution in [0.15, 0.2) is 18.2 Å². The minimum Gasteiger partial charge on any atom is -0.508 e. The van der Waals surface area contributed by atoms with Gasteiger partial charge < -0.3 is 10.2 Å². The minimum atomic E-state index is -4.16. The number of alkyl halides is 3. The molecule has 0 unspecified atom stereocenters. The molecule has 0 saturated carbocycles. The highest BCUT2D eigenvalue weighted by Gasteiger charge is 2.26. The number of hydrogen-bond acceptors (Lipinski definition) is 2. The van der Waals surface area contributed by atoms with Gasteiger partial charge in [0.2, 0.25) is 0 Å². The normalized spacial score (nSPS) is 11.8. The van der Waals surface area contributed by atoms with Gasteiger partial charge in [-0.2, -0.15) is 13.2 Å². The predicted octanol–water partition coefficient (Wildman–Crippen LogP) is 2.77. The number of aryl methyl sites for hydroxylation is 1. The Morgan fingerprint density at radius 1 is 1.19 bits per heavy atom. The van der Waals surface area contributed by atoms with Crippen molar-refractivity contribution in [1.29, 1.82) is 0 Å². The Kier molecular flexibility index (Phi) is 4.18. The van der Waals surface area contributed by atoms with Crippen molar-refractivity contribution in [2.75, 3.05) is 0 Å². The zero-order valence-electron chi connectivity index (χ0n) is 8.59. The lowest BCUT2D eigenvalue weighted by Crippen LogP contribution is -2.07. The van der Waals surface area contributed by atoms with Crippen LogP contribution in [0.1, 0.15) is 24.0 Å². The highest BCUT2D eigenvalue weighted by Crippen LogP contribution is 2.25. The molecule has 16 heavy (non-hydrogen) atoms. The summed E-state index contributed by atoms with van der Waals surface area (Å²) in [4.78, 5) is 0. The molecule has 1 aromatic carbocycles. The van der Waals surface area contributed by atoms with Gasteiger partial charge in [-0.3, -0.25) is 0 Å². The van der Waals surface area contributed by atoms with E-state index in [0.717, 1.165) is 0 Å². The van der Waals surface area contributed by atoms with Crippen molar-refractivity contribution in [3.05, 3.63) is 29.3 Å². The first kappa shape index (κ1) is 12.8. The van der Waals surface area contributed by atoms with Crippen LogP contribution in [0.4, 0.5) is 13.2 Å². The van der Waals surface area contributed by atoms with E-state index in [9.17, 15) is 18.3 Å². The number of rotatable bonds is 4. The van der Waals surface area contributed by atoms with Crippen molar-refractivity contribution in [2.45, 2.75) is 32.0 Å². The van der Waals surface area contributed by atoms with E-state index in [4.69, 9.17) is 5.11 Å². The molecule has 0 amide bonds. The third-order valence-electron chi connectivity index (χ3n) is 2.23. The molecule has 0 aromatic heterocycles. The van der Waals surface area contributed by atoms with Crippen molar-refractivity contribution in [3.8, 4) is 5.75 Å². The molecule has 0 heterocycles. The number of benzene rings is 1. The summed E-state index contributed by atoms with van der Waals surface area (Å²) in [6.45, 7) is -0.188. The van der Waals surface area contributed by atoms with Crippen LogP contribution < -0.4 is 0 Å². The van der Waals surface area contributed by atoms with Crippen LogP contribution in [0.3, 0.4) is 0 Å². The van der Waals surface area contributed by atoms with Crippen LogP contribution in [-0.4, -0.2) is 16.4 Å². The third kappa shape index (κ3) is 4.10. The number of aliphatic hydroxyl groups is 1. The van der Waals surface area contributed by atoms with E-state index in [2.05, 4.69) is 0 Å². The zero-order chi connectivity index (χ0) is 12.2. The van der Waals surface area contributed by atoms with Crippen LogP contribution in [-0.2, 0) is 13.0 Å². The molecule has 2 N–H and O–H groups in total. The lowest BCUT2D eigenvalue weighted by atomic mass is 10.0. The summed E-state index contributed by atoms with van der Waals surface area (Å²) in [5.41, 5.74) is 1.02. The van der Waals surface area contributed by atoms with Gasteiger partial charge in [0, 0.05) is 6.42 Å². The molecule has 0 radical (unpaired) electrons. The Hall–Kier alpha value is -1.23. The van der Waals surface area contributed by atoms with E-state index in [0.29, 0.717) is 11.1 Å². The lowest BCUT2D eigenvalue weighted by Gasteiger charge is -2.08. The molecule has 5 heteroatoms. The monoisotopic (exact) mass is 234 g/mol. The average Bonchev–Trinajstić information content (AvgIpc) is 2.19. The van der Waals surface area contributed by atoms with Crippen LogP contribution in [0, 0.1) is 0 Å². The second kappa shape index (κ2) is 5.21. The van der Waals surface area contributed by atoms with E-state index >= 15 is 0 Å². The number of hydrogen-bond donors (Lipinski definition) is 2. The molecule has 0 aliphatic carbocycles. The van der Waals surface area contributed by atoms with Crippen LogP contribution >= 0.6 is 0 Å². The third-order valence-corrected chi connectivity index (χ3v) is 2.23. The maximum atomic E-state index is 11.9. The molecule has 0 spiro atoms. The number of halogens is 3. The van der Waals surface area contributed by atoms with E-state index in [1.165, 1.54) is 18.2 Å². The van der Waals surface area contributed by atoms with E-state index in [-0.39, 0.29) is 25.2 Å². The first-order valence-electron chi connectivity index (χ1n) is 4.91. The average molecular weight is 234 g/mol. The molecule has 0 atom stereocenters. The van der Waals surface area contributed by atoms with Crippen LogP contribution in [0.5, 0.6) is 5.75 Å². The first-order valence-corrected chi connectivity index (χ1v) is 4.91. The number of phenolic OH excluding ortho intramolecular Hbond substituents is 1. The predicted molar refractivity (Wildman–Crippen MR) is 53.0 cm³/mol. The SMILES string of the molecule is OCc1ccc(O)c(CCCC(F)(F)F)c1. The molecule has 0 aliphatic heterocycles. The zero-order valence-corrected chi connectivity index (χ0v) is 8.59. The summed E-state index contributed by atoms with van der Waals surface area (Å²) in [7, 11) is 0. The Bertz CT molecular complexity index is 348. The van der Waals surface area contributed by atoms with Gasteiger partial charge in [-0.1, -0.05) is 6.07 Å². The number of aliphatic hydroxyl groups excluding tert-OH is 1. The summed E-state index contributed by atoms with van der Waals surface area (Å²) in [5, 5.41) is 18.2. The van der Waals surface area contributed by atoms with Crippen molar-refractivity contribution in [2.24, 2.45) is 0 Å². The maximum Gasteiger partial charge on any atom is 0.389 e. The Morgan fingerprint density at radius 2 is 1.88 bits per heavy atom. The van der Waals surface area contributed by atoms with E-state index < -0.39 is 12.6 Å². The quantitative estimate of drug-likeness (QED) is 0.841. The molecule has 2 nitrogen and oxygen atoms in total. The lowest BCUT2D eigenvalue weighted by molar-refractivity contribution is -0.135. The maximum absolute atomic E-state index is 11.9. The molecule has 90 valence electrons. The highest BCUT2D eigenvalue weighted by atomic mass is 19.4. The Labute approximate surface area is 91.3 Å². The fourth-order valence-corrected chi connectivity index (χ4v) is 1.42. The molecular formula is C11H13F3O2. The molecule has 0 aliphatic rings. The molecule has 0 fully saturated rings. The van der Waals surface area contributed by atoms with Gasteiger partial charge in [-0.25, -0.2) is 0 Å². The summed E-state index contributed by atoms with van der Waals surface area (Å²) in [5.74, 6) is -0.0284. The van der Waals surface area contributed by atoms with Crippen molar-refractivity contribution in [1.82, 2.24) is 0 Å². The molecule has 1 rings (SSSR count). The smallest absolute Gasteiger partial charge is 0.389 e. The largest absolute Gasteiger partial charge is 0.508 e. The minimum absolute atomic E-state index is 0.0284. The van der Waals surface area contributed by atoms with Gasteiger partial charge in [0.1, 0.15) is 5.75 Å². The number of phenols is 1. The van der Waals surface area contributed by atoms with Crippen LogP contribution in [0.25, 0.3) is 0 Å². The van der Waals surface area contributed by atoms with Crippen molar-refractivity contribution < 1.29 is 23.4 Å². The second-order valence-corrected chi connectivity index (χ2v) is 3.59. The van der Waals surface area contributed by atoms with Crippen molar-refractivity contribution in [3.63, 3.8) is 0 Å². The van der Waals surface area contributed by atoms with Gasteiger partial charge in [-0.15, -0.1) is 0 Å². The summed E-state index contributed by atoms with van der Waals surface area (Å²) in [6, 6.07) is 4.43. The summed E-state index contributed by atoms with van der Waals surface area (Å²) < 4.78 is 35.7. The van der Waals surface area contributed by atoms with Gasteiger partial charge in [-0.05, 0) is 36.1 Å². The Balaban J connectivity index is 2.59. The molecule has 0 bridgehead atoms. The molecular weight excluding hydrogens is 221 g/mol. The standard InChI is InChI=1S/C11H13F3O2/c12-11(13,14)5-1-2-9-6-8(7-15)3-4-10(9)16/h3-4,6,15-16H,1-2,5,7H2. The molecule has 0 saturated heterocycles. The van der Waals surface area contributed by atoms with Gasteiger partial charge in [0.05, 0.1) is 6.61 Å². The van der Waals surface area contributed by atoms with Gasteiger partial charge in [0.25, 0.3) is 0 Å². The van der Waals surface area contributed by atoms with E-state index in [1.54, 1.807) is 0 Å². The topological polar surface area (TPSA) is 40.5 Å². The summed E-state index contributed by atoms with van der Waals surface area (Å²) >= 11 is 0. The van der Waals surface area contributed by atoms with E-state index in [1.807, 2.05) is 0 Å². The Morgan fingerprint density at radius 3 is 2.44 bits per heavy atom. The van der Waals surface area contributed by atoms with Crippen molar-refractivity contribution >= 4 is 0 Å². The second-order valence-electron chi connectivity index (χ2n) is 3.59. The van der Waals surface area contributed by atoms with Crippen LogP contribution in [0.2, 0.25) is 0 Å². The highest BCUT2D eigenvalue weighted by molar-refractivity contribution is 5.36. The fraction of sp³-hybridized carbons (Fsp3) is 0.455. The van der Waals surface area contributed by atoms with Gasteiger partial charge in [0.15, 0.2) is 0 Å². The molecule has 1 aromatic rings. The fourth-order valence-electron chi connectivity index (χ4n) is 1.42. The van der Waals surface area contributed by atoms with Gasteiger partial charge >= 0.3 is 6.18 Å². The summed E-state index contributed by atoms with van der Waals surface area (Å²) in [6.07, 6.45) is -4.94.